The van der Waals surface area contributed by atoms with Crippen LogP contribution in [0.25, 0.3) is 0 Å². The standard InChI is InChI=1S/C29H34FN3O7S2/c1-19-5-10-25(11-6-19)42(38,39)32(4)17-28-20(2)16-33(21(3)18-34)29(35)26-15-23(9-14-27(26)40-28)31-41(36,37)24-12-7-22(30)8-13-24/h5-15,20-21,28,31,34H,16-18H2,1-4H3/t20-,21+,28+/m0/s1. The molecule has 1 amide bonds. The monoisotopic (exact) mass is 619 g/mol. The summed E-state index contributed by atoms with van der Waals surface area (Å²) >= 11 is 0. The molecule has 1 heterocycles. The Labute approximate surface area is 245 Å². The second-order valence-electron chi connectivity index (χ2n) is 10.5. The van der Waals surface area contributed by atoms with E-state index in [2.05, 4.69) is 4.72 Å². The lowest BCUT2D eigenvalue weighted by molar-refractivity contribution is 0.0387. The largest absolute Gasteiger partial charge is 0.488 e. The van der Waals surface area contributed by atoms with Crippen molar-refractivity contribution in [2.45, 2.75) is 42.7 Å². The van der Waals surface area contributed by atoms with E-state index in [-0.39, 0.29) is 52.4 Å². The van der Waals surface area contributed by atoms with E-state index in [1.54, 1.807) is 19.1 Å². The van der Waals surface area contributed by atoms with Crippen molar-refractivity contribution < 1.29 is 35.9 Å². The van der Waals surface area contributed by atoms with Crippen molar-refractivity contribution in [2.75, 3.05) is 31.5 Å². The van der Waals surface area contributed by atoms with Crippen molar-refractivity contribution in [3.63, 3.8) is 0 Å². The molecule has 10 nitrogen and oxygen atoms in total. The number of rotatable bonds is 9. The highest BCUT2D eigenvalue weighted by atomic mass is 32.2. The highest BCUT2D eigenvalue weighted by Crippen LogP contribution is 2.32. The first-order valence-corrected chi connectivity index (χ1v) is 16.2. The SMILES string of the molecule is Cc1ccc(S(=O)(=O)N(C)C[C@H]2Oc3ccc(NS(=O)(=O)c4ccc(F)cc4)cc3C(=O)N([C@H](C)CO)C[C@@H]2C)cc1. The molecule has 3 aromatic rings. The Balaban J connectivity index is 1.68. The third kappa shape index (κ3) is 6.75. The maximum Gasteiger partial charge on any atom is 0.261 e. The van der Waals surface area contributed by atoms with E-state index >= 15 is 0 Å². The van der Waals surface area contributed by atoms with Crippen molar-refractivity contribution >= 4 is 31.6 Å². The molecule has 226 valence electrons. The lowest BCUT2D eigenvalue weighted by Gasteiger charge is -2.38. The summed E-state index contributed by atoms with van der Waals surface area (Å²) < 4.78 is 75.5. The number of likely N-dealkylation sites (N-methyl/N-ethyl adjacent to an activating group) is 1. The van der Waals surface area contributed by atoms with Crippen molar-refractivity contribution in [1.82, 2.24) is 9.21 Å². The first kappa shape index (κ1) is 31.4. The van der Waals surface area contributed by atoms with Gasteiger partial charge < -0.3 is 14.7 Å². The third-order valence-corrected chi connectivity index (χ3v) is 10.4. The van der Waals surface area contributed by atoms with Crippen LogP contribution in [-0.4, -0.2) is 75.9 Å². The molecule has 3 atom stereocenters. The number of fused-ring (bicyclic) bond motifs is 1. The van der Waals surface area contributed by atoms with Crippen LogP contribution >= 0.6 is 0 Å². The van der Waals surface area contributed by atoms with Crippen molar-refractivity contribution in [1.29, 1.82) is 0 Å². The Morgan fingerprint density at radius 1 is 1.05 bits per heavy atom. The van der Waals surface area contributed by atoms with Gasteiger partial charge in [-0.25, -0.2) is 21.2 Å². The van der Waals surface area contributed by atoms with Crippen molar-refractivity contribution in [2.24, 2.45) is 5.92 Å². The summed E-state index contributed by atoms with van der Waals surface area (Å²) in [5, 5.41) is 9.89. The lowest BCUT2D eigenvalue weighted by Crippen LogP contribution is -2.50. The molecule has 0 aliphatic carbocycles. The smallest absolute Gasteiger partial charge is 0.261 e. The summed E-state index contributed by atoms with van der Waals surface area (Å²) in [4.78, 5) is 15.1. The van der Waals surface area contributed by atoms with Crippen LogP contribution in [0.4, 0.5) is 10.1 Å². The zero-order valence-corrected chi connectivity index (χ0v) is 25.3. The Morgan fingerprint density at radius 2 is 1.67 bits per heavy atom. The number of aliphatic hydroxyl groups excluding tert-OH is 1. The number of carbonyl (C=O) groups is 1. The summed E-state index contributed by atoms with van der Waals surface area (Å²) in [6, 6.07) is 14.4. The van der Waals surface area contributed by atoms with E-state index in [0.717, 1.165) is 29.8 Å². The molecule has 0 spiro atoms. The summed E-state index contributed by atoms with van der Waals surface area (Å²) in [5.41, 5.74) is 1.03. The van der Waals surface area contributed by atoms with Gasteiger partial charge in [0.2, 0.25) is 10.0 Å². The molecular weight excluding hydrogens is 585 g/mol. The number of hydrogen-bond donors (Lipinski definition) is 2. The number of benzene rings is 3. The van der Waals surface area contributed by atoms with Gasteiger partial charge in [-0.1, -0.05) is 24.6 Å². The first-order chi connectivity index (χ1) is 19.7. The van der Waals surface area contributed by atoms with Gasteiger partial charge in [0.25, 0.3) is 15.9 Å². The van der Waals surface area contributed by atoms with E-state index in [1.807, 2.05) is 13.8 Å². The predicted octanol–water partition coefficient (Wildman–Crippen LogP) is 3.48. The number of ether oxygens (including phenoxy) is 1. The summed E-state index contributed by atoms with van der Waals surface area (Å²) in [7, 11) is -6.49. The van der Waals surface area contributed by atoms with Gasteiger partial charge in [0, 0.05) is 25.2 Å². The topological polar surface area (TPSA) is 133 Å². The quantitative estimate of drug-likeness (QED) is 0.375. The molecule has 0 fully saturated rings. The average molecular weight is 620 g/mol. The molecule has 0 unspecified atom stereocenters. The van der Waals surface area contributed by atoms with Gasteiger partial charge in [0.1, 0.15) is 17.7 Å². The fourth-order valence-corrected chi connectivity index (χ4v) is 6.81. The summed E-state index contributed by atoms with van der Waals surface area (Å²) in [5.74, 6) is -1.28. The number of halogens is 1. The number of nitrogens with zero attached hydrogens (tertiary/aromatic N) is 2. The molecule has 4 rings (SSSR count). The zero-order chi connectivity index (χ0) is 30.8. The fraction of sp³-hybridized carbons (Fsp3) is 0.345. The number of nitrogens with one attached hydrogen (secondary N) is 1. The van der Waals surface area contributed by atoms with Crippen LogP contribution in [0.2, 0.25) is 0 Å². The molecule has 0 bridgehead atoms. The number of anilines is 1. The Morgan fingerprint density at radius 3 is 2.29 bits per heavy atom. The van der Waals surface area contributed by atoms with Crippen LogP contribution in [-0.2, 0) is 20.0 Å². The van der Waals surface area contributed by atoms with Gasteiger partial charge in [-0.05, 0) is 68.4 Å². The number of aliphatic hydroxyl groups is 1. The number of aryl methyl sites for hydroxylation is 1. The van der Waals surface area contributed by atoms with Gasteiger partial charge >= 0.3 is 0 Å². The third-order valence-electron chi connectivity index (χ3n) is 7.21. The van der Waals surface area contributed by atoms with Gasteiger partial charge in [0.15, 0.2) is 0 Å². The summed E-state index contributed by atoms with van der Waals surface area (Å²) in [6.07, 6.45) is -0.697. The number of sulfonamides is 2. The van der Waals surface area contributed by atoms with Crippen LogP contribution in [0.15, 0.2) is 76.5 Å². The van der Waals surface area contributed by atoms with Crippen LogP contribution < -0.4 is 9.46 Å². The normalized spacial score (nSPS) is 18.5. The highest BCUT2D eigenvalue weighted by Gasteiger charge is 2.35. The number of hydrogen-bond acceptors (Lipinski definition) is 7. The first-order valence-electron chi connectivity index (χ1n) is 13.3. The highest BCUT2D eigenvalue weighted by molar-refractivity contribution is 7.92. The van der Waals surface area contributed by atoms with Gasteiger partial charge in [0.05, 0.1) is 34.5 Å². The molecule has 0 saturated carbocycles. The number of amides is 1. The fourth-order valence-electron chi connectivity index (χ4n) is 4.57. The molecule has 0 radical (unpaired) electrons. The molecule has 3 aromatic carbocycles. The van der Waals surface area contributed by atoms with Crippen LogP contribution in [0.1, 0.15) is 29.8 Å². The average Bonchev–Trinajstić information content (AvgIpc) is 2.95. The van der Waals surface area contributed by atoms with E-state index in [4.69, 9.17) is 4.74 Å². The van der Waals surface area contributed by atoms with E-state index in [1.165, 1.54) is 46.6 Å². The summed E-state index contributed by atoms with van der Waals surface area (Å²) in [6.45, 7) is 5.16. The van der Waals surface area contributed by atoms with Gasteiger partial charge in [-0.15, -0.1) is 0 Å². The maximum atomic E-state index is 13.7. The molecule has 0 aromatic heterocycles. The second kappa shape index (κ2) is 12.4. The molecule has 1 aliphatic rings. The van der Waals surface area contributed by atoms with Crippen molar-refractivity contribution in [3.05, 3.63) is 83.7 Å². The predicted molar refractivity (Wildman–Crippen MR) is 156 cm³/mol. The van der Waals surface area contributed by atoms with Gasteiger partial charge in [-0.2, -0.15) is 4.31 Å². The molecule has 0 saturated heterocycles. The Bertz CT molecular complexity index is 1650. The van der Waals surface area contributed by atoms with Gasteiger partial charge in [-0.3, -0.25) is 9.52 Å². The maximum absolute atomic E-state index is 13.7. The van der Waals surface area contributed by atoms with E-state index in [9.17, 15) is 31.1 Å². The Hall–Kier alpha value is -3.52. The van der Waals surface area contributed by atoms with Crippen molar-refractivity contribution in [3.8, 4) is 5.75 Å². The second-order valence-corrected chi connectivity index (χ2v) is 14.2. The lowest BCUT2D eigenvalue weighted by atomic mass is 9.99. The minimum atomic E-state index is -4.10. The van der Waals surface area contributed by atoms with E-state index in [0.29, 0.717) is 0 Å². The van der Waals surface area contributed by atoms with Crippen LogP contribution in [0.5, 0.6) is 5.75 Å². The van der Waals surface area contributed by atoms with Crippen LogP contribution in [0, 0.1) is 18.7 Å². The Kier molecular flexibility index (Phi) is 9.26. The minimum absolute atomic E-state index is 0.0364. The minimum Gasteiger partial charge on any atom is -0.488 e. The molecule has 2 N–H and O–H groups in total. The number of carbonyl (C=O) groups excluding carboxylic acids is 1. The molecular formula is C29H34FN3O7S2. The zero-order valence-electron chi connectivity index (χ0n) is 23.7. The molecule has 1 aliphatic heterocycles. The molecule has 13 heteroatoms. The van der Waals surface area contributed by atoms with E-state index < -0.39 is 43.9 Å². The molecule has 42 heavy (non-hydrogen) atoms. The van der Waals surface area contributed by atoms with Crippen LogP contribution in [0.3, 0.4) is 0 Å².